The minimum Gasteiger partial charge on any atom is -0.334 e. The molecule has 590 valence electrons. The van der Waals surface area contributed by atoms with E-state index in [1.54, 1.807) is 21.3 Å². The number of pyridine rings is 4. The van der Waals surface area contributed by atoms with Gasteiger partial charge in [0.25, 0.3) is 11.1 Å². The van der Waals surface area contributed by atoms with Crippen molar-refractivity contribution in [2.45, 2.75) is 126 Å². The molecule has 2 fully saturated rings. The summed E-state index contributed by atoms with van der Waals surface area (Å²) in [5.41, 5.74) is 19.7. The molecule has 15 aromatic rings. The Hall–Kier alpha value is -13.1. The van der Waals surface area contributed by atoms with E-state index in [2.05, 4.69) is 131 Å². The maximum absolute atomic E-state index is 12.5. The lowest BCUT2D eigenvalue weighted by atomic mass is 10.0. The molecule has 4 amide bonds. The number of aromatic nitrogens is 14. The highest BCUT2D eigenvalue weighted by Gasteiger charge is 2.32. The quantitative estimate of drug-likeness (QED) is 0.111. The fourth-order valence-corrected chi connectivity index (χ4v) is 14.2. The number of hydrogen-bond acceptors (Lipinski definition) is 12. The number of amides is 4. The molecule has 17 rings (SSSR count). The van der Waals surface area contributed by atoms with Crippen molar-refractivity contribution in [2.24, 2.45) is 35.2 Å². The minimum absolute atomic E-state index is 0.0335. The Balaban J connectivity index is 0.000000128. The Labute approximate surface area is 671 Å². The molecule has 0 bridgehead atoms. The number of imidazole rings is 1. The Morgan fingerprint density at radius 1 is 0.409 bits per heavy atom. The third-order valence-corrected chi connectivity index (χ3v) is 21.0. The molecule has 0 radical (unpaired) electrons. The van der Waals surface area contributed by atoms with Gasteiger partial charge in [0.1, 0.15) is 0 Å². The van der Waals surface area contributed by atoms with Crippen molar-refractivity contribution < 1.29 is 9.59 Å². The van der Waals surface area contributed by atoms with E-state index >= 15 is 0 Å². The van der Waals surface area contributed by atoms with Gasteiger partial charge in [0.2, 0.25) is 0 Å². The van der Waals surface area contributed by atoms with Gasteiger partial charge in [0, 0.05) is 172 Å². The van der Waals surface area contributed by atoms with E-state index in [-0.39, 0.29) is 47.3 Å². The van der Waals surface area contributed by atoms with E-state index in [1.165, 1.54) is 16.7 Å². The first-order valence-corrected chi connectivity index (χ1v) is 39.2. The van der Waals surface area contributed by atoms with Crippen LogP contribution in [0.2, 0.25) is 0 Å². The Morgan fingerprint density at radius 2 is 0.930 bits per heavy atom. The zero-order chi connectivity index (χ0) is 82.1. The van der Waals surface area contributed by atoms with Gasteiger partial charge >= 0.3 is 12.1 Å². The van der Waals surface area contributed by atoms with Gasteiger partial charge in [-0.2, -0.15) is 25.7 Å². The molecule has 2 saturated heterocycles. The minimum atomic E-state index is 0.0335. The molecule has 0 saturated carbocycles. The molecular weight excluding hydrogens is 1440 g/mol. The predicted molar refractivity (Wildman–Crippen MR) is 463 cm³/mol. The summed E-state index contributed by atoms with van der Waals surface area (Å²) >= 11 is 0. The summed E-state index contributed by atoms with van der Waals surface area (Å²) in [5.74, 6) is 0.974. The largest absolute Gasteiger partial charge is 0.334 e. The lowest BCUT2D eigenvalue weighted by molar-refractivity contribution is 0.180. The van der Waals surface area contributed by atoms with Crippen LogP contribution in [-0.2, 0) is 35.2 Å². The Bertz CT molecular complexity index is 6130. The summed E-state index contributed by atoms with van der Waals surface area (Å²) in [6.45, 7) is 28.1. The zero-order valence-electron chi connectivity index (χ0n) is 68.9. The highest BCUT2D eigenvalue weighted by atomic mass is 16.2. The lowest BCUT2D eigenvalue weighted by Gasteiger charge is -2.38. The van der Waals surface area contributed by atoms with Crippen LogP contribution in [0.1, 0.15) is 130 Å². The summed E-state index contributed by atoms with van der Waals surface area (Å²) < 4.78 is 12.9. The monoisotopic (exact) mass is 1540 g/mol. The van der Waals surface area contributed by atoms with Crippen LogP contribution >= 0.6 is 0 Å². The molecule has 2 aliphatic heterocycles. The molecule has 115 heavy (non-hydrogen) atoms. The van der Waals surface area contributed by atoms with E-state index in [0.717, 1.165) is 138 Å². The molecule has 0 unspecified atom stereocenters. The van der Waals surface area contributed by atoms with Crippen LogP contribution in [0.5, 0.6) is 0 Å². The van der Waals surface area contributed by atoms with Crippen LogP contribution in [0.4, 0.5) is 21.0 Å². The molecular formula is C92H103N19O4. The van der Waals surface area contributed by atoms with Gasteiger partial charge in [-0.15, -0.1) is 0 Å². The molecule has 23 heteroatoms. The van der Waals surface area contributed by atoms with Gasteiger partial charge in [0.05, 0.1) is 81.5 Å². The first kappa shape index (κ1) is 81.4. The Kier molecular flexibility index (Phi) is 25.3. The second-order valence-corrected chi connectivity index (χ2v) is 30.9. The highest BCUT2D eigenvalue weighted by molar-refractivity contribution is 5.97. The normalized spacial score (nSPS) is 12.9. The smallest absolute Gasteiger partial charge is 0.324 e. The third-order valence-electron chi connectivity index (χ3n) is 21.0. The molecule has 0 N–H and O–H groups in total. The third kappa shape index (κ3) is 18.5. The first-order chi connectivity index (χ1) is 55.1. The van der Waals surface area contributed by atoms with Crippen molar-refractivity contribution in [1.82, 2.24) is 77.6 Å². The lowest BCUT2D eigenvalue weighted by Crippen LogP contribution is -2.52. The standard InChI is InChI=1S/2C16H17N3O.C16H17N3.C15H20N4O.C15H14N2.C14H18N4O/c1-11(2)19-10-13(5-7-16(19)20)12-4-6-15-14(8-12)9-17-18(15)3;1-11(2)19-8-4-5-14(16(19)20)12-6-7-15-13(9-12)10-17-18(15)3;1-11(2)13-6-14(9-17-8-13)12-4-5-16-15(7-12)18-10-19(16)3;1-11(2)18-7-4-8-19(15(18)20)13-5-6-14-12(9-13)10-16-17(14)3;1-11(2)13-6-7-17-15(9-13)14-5-3-4-12(8-14)10-16;1-10(2)17-6-7-18(14(17)19)12-4-5-13-11(8-12)9-15-16(13)3/h2*4-11H,1-3H3;4-11H,1-3H3;5-6,9-11H,4,7-8H2,1-3H3;3-9,11H,1-2H3;4-5,8-10H,6-7H2,1-3H3. The average Bonchev–Trinajstić information content (AvgIpc) is 1.79. The molecule has 11 heterocycles. The summed E-state index contributed by atoms with van der Waals surface area (Å²) in [6, 6.07) is 55.0. The van der Waals surface area contributed by atoms with E-state index in [9.17, 15) is 19.2 Å². The van der Waals surface area contributed by atoms with Crippen LogP contribution in [-0.4, -0.2) is 128 Å². The van der Waals surface area contributed by atoms with Crippen molar-refractivity contribution in [3.05, 3.63) is 257 Å². The summed E-state index contributed by atoms with van der Waals surface area (Å²) in [5, 5.41) is 30.1. The van der Waals surface area contributed by atoms with Gasteiger partial charge in [-0.25, -0.2) is 14.6 Å². The maximum Gasteiger partial charge on any atom is 0.324 e. The second-order valence-electron chi connectivity index (χ2n) is 30.9. The average molecular weight is 1540 g/mol. The number of urea groups is 2. The van der Waals surface area contributed by atoms with Gasteiger partial charge in [0.15, 0.2) is 0 Å². The molecule has 2 aliphatic rings. The van der Waals surface area contributed by atoms with E-state index < -0.39 is 0 Å². The molecule has 9 aromatic heterocycles. The number of carbonyl (C=O) groups excluding carboxylic acids is 2. The van der Waals surface area contributed by atoms with Crippen molar-refractivity contribution in [1.29, 1.82) is 5.26 Å². The summed E-state index contributed by atoms with van der Waals surface area (Å²) in [6.07, 6.45) is 19.6. The van der Waals surface area contributed by atoms with E-state index in [0.29, 0.717) is 17.4 Å². The van der Waals surface area contributed by atoms with Crippen molar-refractivity contribution in [2.75, 3.05) is 36.0 Å². The first-order valence-electron chi connectivity index (χ1n) is 39.2. The fraction of sp³-hybridized carbons (Fsp3) is 0.304. The van der Waals surface area contributed by atoms with Crippen LogP contribution < -0.4 is 20.9 Å². The Morgan fingerprint density at radius 3 is 1.49 bits per heavy atom. The van der Waals surface area contributed by atoms with Gasteiger partial charge in [-0.1, -0.05) is 58.0 Å². The number of rotatable bonds is 12. The van der Waals surface area contributed by atoms with Gasteiger partial charge in [-0.3, -0.25) is 48.1 Å². The number of nitriles is 1. The number of nitrogens with zero attached hydrogens (tertiary/aromatic N) is 19. The SMILES string of the molecule is CC(C)N1CCCN(c2ccc3c(cnn3C)c2)C1=O.CC(C)N1CCN(c2ccc3c(cnn3C)c2)C1=O.CC(C)c1ccnc(-c2cccc(C#N)c2)c1.CC(C)c1cncc(-c2ccc3c(c2)ncn3C)c1.CC(C)n1cc(-c2ccc3c(cnn3C)c2)ccc1=O.CC(C)n1cccc(-c2ccc3c(cnn3C)c2)c1=O. The summed E-state index contributed by atoms with van der Waals surface area (Å²) in [7, 11) is 9.70. The molecule has 0 atom stereocenters. The predicted octanol–water partition coefficient (Wildman–Crippen LogP) is 18.3. The number of carbonyl (C=O) groups is 2. The van der Waals surface area contributed by atoms with Gasteiger partial charge < -0.3 is 23.5 Å². The van der Waals surface area contributed by atoms with Crippen LogP contribution in [0.3, 0.4) is 0 Å². The number of aryl methyl sites for hydroxylation is 5. The number of anilines is 2. The van der Waals surface area contributed by atoms with Crippen molar-refractivity contribution in [3.63, 3.8) is 0 Å². The van der Waals surface area contributed by atoms with Crippen LogP contribution in [0, 0.1) is 11.3 Å². The molecule has 0 spiro atoms. The summed E-state index contributed by atoms with van der Waals surface area (Å²) in [4.78, 5) is 69.8. The number of fused-ring (bicyclic) bond motifs is 5. The zero-order valence-corrected chi connectivity index (χ0v) is 68.9. The van der Waals surface area contributed by atoms with E-state index in [1.807, 2.05) is 279 Å². The van der Waals surface area contributed by atoms with Crippen LogP contribution in [0.25, 0.3) is 99.3 Å². The maximum atomic E-state index is 12.5. The van der Waals surface area contributed by atoms with Crippen molar-refractivity contribution in [3.8, 4) is 50.7 Å². The number of hydrogen-bond donors (Lipinski definition) is 0. The topological polar surface area (TPSA) is 230 Å². The molecule has 6 aromatic carbocycles. The molecule has 23 nitrogen and oxygen atoms in total. The molecule has 0 aliphatic carbocycles. The highest BCUT2D eigenvalue weighted by Crippen LogP contribution is 2.32. The van der Waals surface area contributed by atoms with Gasteiger partial charge in [-0.05, 0) is 228 Å². The van der Waals surface area contributed by atoms with Crippen LogP contribution in [0.15, 0.2) is 229 Å². The fourth-order valence-electron chi connectivity index (χ4n) is 14.2. The number of benzene rings is 6. The van der Waals surface area contributed by atoms with Crippen molar-refractivity contribution >= 4 is 78.1 Å². The van der Waals surface area contributed by atoms with E-state index in [4.69, 9.17) is 5.26 Å². The second kappa shape index (κ2) is 35.7.